The fourth-order valence-electron chi connectivity index (χ4n) is 1.24. The Hall–Kier alpha value is -2.05. The van der Waals surface area contributed by atoms with Crippen LogP contribution in [0.4, 0.5) is 14.5 Å². The Labute approximate surface area is 95.2 Å². The number of esters is 1. The molecule has 0 heterocycles. The van der Waals surface area contributed by atoms with Crippen molar-refractivity contribution in [1.29, 1.82) is 0 Å². The van der Waals surface area contributed by atoms with E-state index < -0.39 is 34.1 Å². The van der Waals surface area contributed by atoms with E-state index in [1.165, 1.54) is 6.92 Å². The number of ether oxygens (including phenoxy) is 1. The van der Waals surface area contributed by atoms with Crippen LogP contribution in [0.15, 0.2) is 18.2 Å². The van der Waals surface area contributed by atoms with Crippen molar-refractivity contribution in [2.75, 3.05) is 6.61 Å². The summed E-state index contributed by atoms with van der Waals surface area (Å²) < 4.78 is 30.8. The topological polar surface area (TPSA) is 69.4 Å². The Bertz CT molecular complexity index is 450. The van der Waals surface area contributed by atoms with Gasteiger partial charge in [-0.25, -0.2) is 13.6 Å². The Morgan fingerprint density at radius 2 is 2.24 bits per heavy atom. The summed E-state index contributed by atoms with van der Waals surface area (Å²) in [5.74, 6) is -2.14. The van der Waals surface area contributed by atoms with Crippen LogP contribution < -0.4 is 0 Å². The Morgan fingerprint density at radius 1 is 1.59 bits per heavy atom. The van der Waals surface area contributed by atoms with Gasteiger partial charge >= 0.3 is 5.97 Å². The molecule has 92 valence electrons. The van der Waals surface area contributed by atoms with E-state index in [1.54, 1.807) is 0 Å². The van der Waals surface area contributed by atoms with Crippen molar-refractivity contribution in [3.8, 4) is 0 Å². The van der Waals surface area contributed by atoms with Crippen LogP contribution in [0.5, 0.6) is 0 Å². The smallest absolute Gasteiger partial charge is 0.345 e. The SMILES string of the molecule is CCOC(=O)C(F)c1cc(F)ccc1[N+](=O)[O-]. The van der Waals surface area contributed by atoms with Gasteiger partial charge in [0.1, 0.15) is 5.82 Å². The highest BCUT2D eigenvalue weighted by molar-refractivity contribution is 5.78. The molecule has 17 heavy (non-hydrogen) atoms. The number of nitrogens with zero attached hydrogens (tertiary/aromatic N) is 1. The number of carbonyl (C=O) groups is 1. The van der Waals surface area contributed by atoms with Crippen molar-refractivity contribution in [3.05, 3.63) is 39.7 Å². The second-order valence-corrected chi connectivity index (χ2v) is 3.07. The average Bonchev–Trinajstić information content (AvgIpc) is 2.27. The number of hydrogen-bond donors (Lipinski definition) is 0. The van der Waals surface area contributed by atoms with Gasteiger partial charge in [0.05, 0.1) is 17.1 Å². The molecule has 0 saturated carbocycles. The molecule has 7 heteroatoms. The number of halogens is 2. The lowest BCUT2D eigenvalue weighted by molar-refractivity contribution is -0.386. The van der Waals surface area contributed by atoms with Crippen molar-refractivity contribution in [2.24, 2.45) is 0 Å². The van der Waals surface area contributed by atoms with Gasteiger partial charge in [-0.1, -0.05) is 0 Å². The maximum Gasteiger partial charge on any atom is 0.345 e. The van der Waals surface area contributed by atoms with Crippen LogP contribution in [-0.4, -0.2) is 17.5 Å². The molecule has 5 nitrogen and oxygen atoms in total. The third-order valence-electron chi connectivity index (χ3n) is 1.95. The molecular weight excluding hydrogens is 236 g/mol. The predicted octanol–water partition coefficient (Wildman–Crippen LogP) is 2.31. The molecule has 0 amide bonds. The molecule has 1 aromatic carbocycles. The van der Waals surface area contributed by atoms with E-state index in [4.69, 9.17) is 0 Å². The molecule has 1 atom stereocenters. The Morgan fingerprint density at radius 3 is 2.76 bits per heavy atom. The molecule has 0 radical (unpaired) electrons. The van der Waals surface area contributed by atoms with Crippen LogP contribution in [0.1, 0.15) is 18.7 Å². The summed E-state index contributed by atoms with van der Waals surface area (Å²) >= 11 is 0. The lowest BCUT2D eigenvalue weighted by Gasteiger charge is -2.08. The van der Waals surface area contributed by atoms with Crippen LogP contribution in [0, 0.1) is 15.9 Å². The highest BCUT2D eigenvalue weighted by atomic mass is 19.1. The highest BCUT2D eigenvalue weighted by Gasteiger charge is 2.29. The number of nitro groups is 1. The lowest BCUT2D eigenvalue weighted by atomic mass is 10.1. The van der Waals surface area contributed by atoms with Gasteiger partial charge in [-0.15, -0.1) is 0 Å². The quantitative estimate of drug-likeness (QED) is 0.463. The largest absolute Gasteiger partial charge is 0.464 e. The molecule has 1 aromatic rings. The zero-order valence-electron chi connectivity index (χ0n) is 8.85. The van der Waals surface area contributed by atoms with Crippen LogP contribution in [-0.2, 0) is 9.53 Å². The molecule has 1 rings (SSSR count). The maximum atomic E-state index is 13.6. The van der Waals surface area contributed by atoms with E-state index in [-0.39, 0.29) is 6.61 Å². The Kier molecular flexibility index (Phi) is 4.08. The normalized spacial score (nSPS) is 11.9. The third kappa shape index (κ3) is 2.96. The number of carbonyl (C=O) groups excluding carboxylic acids is 1. The predicted molar refractivity (Wildman–Crippen MR) is 53.5 cm³/mol. The van der Waals surface area contributed by atoms with E-state index in [9.17, 15) is 23.7 Å². The molecule has 0 saturated heterocycles. The van der Waals surface area contributed by atoms with Gasteiger partial charge in [0.2, 0.25) is 6.17 Å². The molecule has 0 fully saturated rings. The molecule has 0 spiro atoms. The van der Waals surface area contributed by atoms with E-state index in [0.717, 1.165) is 12.1 Å². The van der Waals surface area contributed by atoms with Gasteiger partial charge in [-0.05, 0) is 19.1 Å². The third-order valence-corrected chi connectivity index (χ3v) is 1.95. The summed E-state index contributed by atoms with van der Waals surface area (Å²) in [5, 5.41) is 10.6. The van der Waals surface area contributed by atoms with Crippen molar-refractivity contribution < 1.29 is 23.2 Å². The van der Waals surface area contributed by atoms with Gasteiger partial charge < -0.3 is 4.74 Å². The van der Waals surface area contributed by atoms with Crippen LogP contribution >= 0.6 is 0 Å². The first-order chi connectivity index (χ1) is 7.97. The summed E-state index contributed by atoms with van der Waals surface area (Å²) in [6, 6.07) is 2.23. The summed E-state index contributed by atoms with van der Waals surface area (Å²) in [7, 11) is 0. The second-order valence-electron chi connectivity index (χ2n) is 3.07. The van der Waals surface area contributed by atoms with E-state index in [1.807, 2.05) is 0 Å². The van der Waals surface area contributed by atoms with E-state index >= 15 is 0 Å². The molecule has 0 N–H and O–H groups in total. The van der Waals surface area contributed by atoms with Gasteiger partial charge in [0, 0.05) is 6.07 Å². The van der Waals surface area contributed by atoms with Gasteiger partial charge in [-0.3, -0.25) is 10.1 Å². The molecule has 0 aliphatic carbocycles. The summed E-state index contributed by atoms with van der Waals surface area (Å²) in [5.41, 5.74) is -1.31. The summed E-state index contributed by atoms with van der Waals surface area (Å²) in [6.45, 7) is 1.40. The minimum atomic E-state index is -2.37. The number of hydrogen-bond acceptors (Lipinski definition) is 4. The molecule has 0 bridgehead atoms. The molecule has 1 unspecified atom stereocenters. The van der Waals surface area contributed by atoms with Crippen molar-refractivity contribution in [3.63, 3.8) is 0 Å². The van der Waals surface area contributed by atoms with E-state index in [0.29, 0.717) is 6.07 Å². The number of nitro benzene ring substituents is 1. The maximum absolute atomic E-state index is 13.6. The molecule has 0 aliphatic heterocycles. The number of alkyl halides is 1. The fraction of sp³-hybridized carbons (Fsp3) is 0.300. The minimum Gasteiger partial charge on any atom is -0.464 e. The van der Waals surface area contributed by atoms with Gasteiger partial charge in [0.15, 0.2) is 0 Å². The van der Waals surface area contributed by atoms with Crippen molar-refractivity contribution in [2.45, 2.75) is 13.1 Å². The molecule has 0 aliphatic rings. The first kappa shape index (κ1) is 13.0. The minimum absolute atomic E-state index is 0.0671. The Balaban J connectivity index is 3.14. The van der Waals surface area contributed by atoms with Crippen LogP contribution in [0.2, 0.25) is 0 Å². The van der Waals surface area contributed by atoms with Crippen molar-refractivity contribution in [1.82, 2.24) is 0 Å². The average molecular weight is 245 g/mol. The van der Waals surface area contributed by atoms with Crippen LogP contribution in [0.3, 0.4) is 0 Å². The van der Waals surface area contributed by atoms with Gasteiger partial charge in [-0.2, -0.15) is 0 Å². The zero-order valence-corrected chi connectivity index (χ0v) is 8.85. The monoisotopic (exact) mass is 245 g/mol. The van der Waals surface area contributed by atoms with Crippen molar-refractivity contribution >= 4 is 11.7 Å². The number of benzene rings is 1. The highest BCUT2D eigenvalue weighted by Crippen LogP contribution is 2.29. The molecule has 0 aromatic heterocycles. The lowest BCUT2D eigenvalue weighted by Crippen LogP contribution is -2.13. The number of rotatable bonds is 4. The standard InChI is InChI=1S/C10H9F2NO4/c1-2-17-10(14)9(12)7-5-6(11)3-4-8(7)13(15)16/h3-5,9H,2H2,1H3. The first-order valence-electron chi connectivity index (χ1n) is 4.72. The van der Waals surface area contributed by atoms with E-state index in [2.05, 4.69) is 4.74 Å². The summed E-state index contributed by atoms with van der Waals surface area (Å²) in [4.78, 5) is 20.8. The summed E-state index contributed by atoms with van der Waals surface area (Å²) in [6.07, 6.45) is -2.37. The first-order valence-corrected chi connectivity index (χ1v) is 4.72. The molecular formula is C10H9F2NO4. The van der Waals surface area contributed by atoms with Crippen LogP contribution in [0.25, 0.3) is 0 Å². The zero-order chi connectivity index (χ0) is 13.0. The second kappa shape index (κ2) is 5.33. The van der Waals surface area contributed by atoms with Gasteiger partial charge in [0.25, 0.3) is 5.69 Å². The fourth-order valence-corrected chi connectivity index (χ4v) is 1.24.